The summed E-state index contributed by atoms with van der Waals surface area (Å²) in [6, 6.07) is 10.7. The van der Waals surface area contributed by atoms with E-state index in [1.807, 2.05) is 30.3 Å². The van der Waals surface area contributed by atoms with Crippen LogP contribution in [0.2, 0.25) is 0 Å². The number of pyridine rings is 1. The largest absolute Gasteiger partial charge is 0.503 e. The number of Topliss-reactive ketones (excluding diaryl/α,β-unsaturated/α-hetero) is 1. The predicted octanol–water partition coefficient (Wildman–Crippen LogP) is 3.40. The van der Waals surface area contributed by atoms with Gasteiger partial charge in [0.05, 0.1) is 13.0 Å². The number of carbonyl (C=O) groups is 2. The van der Waals surface area contributed by atoms with Gasteiger partial charge in [-0.05, 0) is 26.0 Å². The Bertz CT molecular complexity index is 808. The number of aromatic nitrogens is 1. The third-order valence-corrected chi connectivity index (χ3v) is 4.29. The summed E-state index contributed by atoms with van der Waals surface area (Å²) in [6.45, 7) is 5.13. The summed E-state index contributed by atoms with van der Waals surface area (Å²) in [6.07, 6.45) is 0.346. The van der Waals surface area contributed by atoms with Crippen LogP contribution in [0.1, 0.15) is 37.7 Å². The SMILES string of the molecule is COc1ccnc(C(=O)C[C@@H](C)C(=O)O[C@@H](C)[C@H](C)Oc2ccccc2)c1O. The molecule has 0 radical (unpaired) electrons. The third kappa shape index (κ3) is 5.45. The Morgan fingerprint density at radius 2 is 1.75 bits per heavy atom. The molecule has 7 heteroatoms. The fraction of sp³-hybridized carbons (Fsp3) is 0.381. The lowest BCUT2D eigenvalue weighted by Gasteiger charge is -2.23. The van der Waals surface area contributed by atoms with E-state index in [1.165, 1.54) is 19.4 Å². The molecule has 0 aliphatic heterocycles. The van der Waals surface area contributed by atoms with Gasteiger partial charge >= 0.3 is 5.97 Å². The molecule has 0 bridgehead atoms. The minimum Gasteiger partial charge on any atom is -0.503 e. The van der Waals surface area contributed by atoms with E-state index in [9.17, 15) is 14.7 Å². The van der Waals surface area contributed by atoms with E-state index >= 15 is 0 Å². The summed E-state index contributed by atoms with van der Waals surface area (Å²) in [4.78, 5) is 28.6. The van der Waals surface area contributed by atoms with Crippen molar-refractivity contribution in [3.05, 3.63) is 48.3 Å². The summed E-state index contributed by atoms with van der Waals surface area (Å²) in [5.74, 6) is -1.20. The van der Waals surface area contributed by atoms with Gasteiger partial charge in [0.15, 0.2) is 23.0 Å². The number of nitrogens with zero attached hydrogens (tertiary/aromatic N) is 1. The molecule has 3 atom stereocenters. The molecule has 0 amide bonds. The minimum atomic E-state index is -0.703. The maximum absolute atomic E-state index is 12.4. The molecule has 0 saturated carbocycles. The molecule has 1 aromatic heterocycles. The zero-order valence-electron chi connectivity index (χ0n) is 16.4. The Labute approximate surface area is 164 Å². The maximum Gasteiger partial charge on any atom is 0.309 e. The zero-order chi connectivity index (χ0) is 20.7. The van der Waals surface area contributed by atoms with Crippen LogP contribution in [0.15, 0.2) is 42.6 Å². The second-order valence-corrected chi connectivity index (χ2v) is 6.52. The van der Waals surface area contributed by atoms with Gasteiger partial charge in [0.2, 0.25) is 0 Å². The van der Waals surface area contributed by atoms with Crippen LogP contribution in [0.3, 0.4) is 0 Å². The number of rotatable bonds is 9. The molecule has 0 aliphatic rings. The number of ketones is 1. The van der Waals surface area contributed by atoms with Crippen molar-refractivity contribution in [1.29, 1.82) is 0 Å². The fourth-order valence-corrected chi connectivity index (χ4v) is 2.47. The molecule has 150 valence electrons. The van der Waals surface area contributed by atoms with Crippen LogP contribution in [-0.4, -0.2) is 41.2 Å². The summed E-state index contributed by atoms with van der Waals surface area (Å²) in [7, 11) is 1.38. The van der Waals surface area contributed by atoms with Gasteiger partial charge in [-0.25, -0.2) is 4.98 Å². The van der Waals surface area contributed by atoms with Gasteiger partial charge in [-0.1, -0.05) is 25.1 Å². The van der Waals surface area contributed by atoms with Crippen LogP contribution in [-0.2, 0) is 9.53 Å². The van der Waals surface area contributed by atoms with Crippen LogP contribution in [0.5, 0.6) is 17.2 Å². The quantitative estimate of drug-likeness (QED) is 0.520. The third-order valence-electron chi connectivity index (χ3n) is 4.29. The number of benzene rings is 1. The first kappa shape index (κ1) is 21.2. The van der Waals surface area contributed by atoms with Crippen molar-refractivity contribution in [2.45, 2.75) is 39.4 Å². The van der Waals surface area contributed by atoms with Crippen molar-refractivity contribution in [2.75, 3.05) is 7.11 Å². The number of esters is 1. The van der Waals surface area contributed by atoms with Gasteiger partial charge in [0.25, 0.3) is 0 Å². The van der Waals surface area contributed by atoms with Crippen LogP contribution in [0.25, 0.3) is 0 Å². The fourth-order valence-electron chi connectivity index (χ4n) is 2.47. The number of carbonyl (C=O) groups excluding carboxylic acids is 2. The van der Waals surface area contributed by atoms with E-state index in [1.54, 1.807) is 20.8 Å². The van der Waals surface area contributed by atoms with E-state index < -0.39 is 23.8 Å². The first-order chi connectivity index (χ1) is 13.3. The second-order valence-electron chi connectivity index (χ2n) is 6.52. The highest BCUT2D eigenvalue weighted by molar-refractivity contribution is 5.99. The summed E-state index contributed by atoms with van der Waals surface area (Å²) >= 11 is 0. The molecular weight excluding hydrogens is 362 g/mol. The molecule has 0 spiro atoms. The molecule has 0 aliphatic carbocycles. The van der Waals surface area contributed by atoms with E-state index in [4.69, 9.17) is 14.2 Å². The van der Waals surface area contributed by atoms with E-state index in [0.717, 1.165) is 0 Å². The standard InChI is InChI=1S/C21H25NO6/c1-13(12-17(23)19-20(24)18(26-4)10-11-22-19)21(25)28-15(3)14(2)27-16-8-6-5-7-9-16/h5-11,13-15,24H,12H2,1-4H3/t13-,14+,15+/m1/s1. The molecule has 1 N–H and O–H groups in total. The molecule has 2 aromatic rings. The van der Waals surface area contributed by atoms with Gasteiger partial charge in [-0.15, -0.1) is 0 Å². The number of hydrogen-bond donors (Lipinski definition) is 1. The Balaban J connectivity index is 1.92. The Hall–Kier alpha value is -3.09. The smallest absolute Gasteiger partial charge is 0.309 e. The molecule has 0 fully saturated rings. The maximum atomic E-state index is 12.4. The van der Waals surface area contributed by atoms with Gasteiger partial charge in [0, 0.05) is 18.7 Å². The molecule has 1 heterocycles. The monoisotopic (exact) mass is 387 g/mol. The lowest BCUT2D eigenvalue weighted by Crippen LogP contribution is -2.33. The average molecular weight is 387 g/mol. The van der Waals surface area contributed by atoms with Gasteiger partial charge < -0.3 is 19.3 Å². The van der Waals surface area contributed by atoms with Crippen LogP contribution in [0, 0.1) is 5.92 Å². The molecule has 2 rings (SSSR count). The van der Waals surface area contributed by atoms with E-state index in [-0.39, 0.29) is 29.7 Å². The highest BCUT2D eigenvalue weighted by Crippen LogP contribution is 2.29. The van der Waals surface area contributed by atoms with E-state index in [0.29, 0.717) is 5.75 Å². The summed E-state index contributed by atoms with van der Waals surface area (Å²) in [5.41, 5.74) is -0.132. The zero-order valence-corrected chi connectivity index (χ0v) is 16.4. The number of para-hydroxylation sites is 1. The van der Waals surface area contributed by atoms with Gasteiger partial charge in [-0.3, -0.25) is 9.59 Å². The topological polar surface area (TPSA) is 95.0 Å². The van der Waals surface area contributed by atoms with Crippen molar-refractivity contribution in [3.8, 4) is 17.2 Å². The molecule has 0 saturated heterocycles. The van der Waals surface area contributed by atoms with Gasteiger partial charge in [-0.2, -0.15) is 0 Å². The molecular formula is C21H25NO6. The van der Waals surface area contributed by atoms with E-state index in [2.05, 4.69) is 4.98 Å². The molecule has 7 nitrogen and oxygen atoms in total. The predicted molar refractivity (Wildman–Crippen MR) is 103 cm³/mol. The van der Waals surface area contributed by atoms with Crippen molar-refractivity contribution >= 4 is 11.8 Å². The normalized spacial score (nSPS) is 13.9. The Morgan fingerprint density at radius 3 is 2.39 bits per heavy atom. The van der Waals surface area contributed by atoms with Crippen molar-refractivity contribution < 1.29 is 28.9 Å². The van der Waals surface area contributed by atoms with Crippen LogP contribution in [0.4, 0.5) is 0 Å². The molecule has 28 heavy (non-hydrogen) atoms. The minimum absolute atomic E-state index is 0.132. The van der Waals surface area contributed by atoms with Gasteiger partial charge in [0.1, 0.15) is 18.0 Å². The highest BCUT2D eigenvalue weighted by Gasteiger charge is 2.26. The summed E-state index contributed by atoms with van der Waals surface area (Å²) < 4.78 is 16.1. The highest BCUT2D eigenvalue weighted by atomic mass is 16.6. The first-order valence-corrected chi connectivity index (χ1v) is 9.00. The molecule has 0 unspecified atom stereocenters. The lowest BCUT2D eigenvalue weighted by atomic mass is 10.0. The number of ether oxygens (including phenoxy) is 3. The average Bonchev–Trinajstić information content (AvgIpc) is 2.68. The van der Waals surface area contributed by atoms with Crippen molar-refractivity contribution in [3.63, 3.8) is 0 Å². The Kier molecular flexibility index (Phi) is 7.37. The van der Waals surface area contributed by atoms with Crippen LogP contribution < -0.4 is 9.47 Å². The lowest BCUT2D eigenvalue weighted by molar-refractivity contribution is -0.156. The summed E-state index contributed by atoms with van der Waals surface area (Å²) in [5, 5.41) is 10.0. The number of methoxy groups -OCH3 is 1. The van der Waals surface area contributed by atoms with Crippen molar-refractivity contribution in [2.24, 2.45) is 5.92 Å². The first-order valence-electron chi connectivity index (χ1n) is 9.00. The number of hydrogen-bond acceptors (Lipinski definition) is 7. The van der Waals surface area contributed by atoms with Crippen LogP contribution >= 0.6 is 0 Å². The second kappa shape index (κ2) is 9.73. The van der Waals surface area contributed by atoms with Crippen molar-refractivity contribution in [1.82, 2.24) is 4.98 Å². The molecule has 1 aromatic carbocycles. The Morgan fingerprint density at radius 1 is 1.07 bits per heavy atom. The number of aromatic hydroxyl groups is 1.